The number of carbonyl (C=O) groups excluding carboxylic acids is 1. The van der Waals surface area contributed by atoms with Crippen LogP contribution in [0, 0.1) is 0 Å². The highest BCUT2D eigenvalue weighted by Crippen LogP contribution is 2.02. The van der Waals surface area contributed by atoms with Gasteiger partial charge < -0.3 is 15.1 Å². The minimum absolute atomic E-state index is 0.0615. The van der Waals surface area contributed by atoms with E-state index in [1.165, 1.54) is 10.5 Å². The number of nitrogens with one attached hydrogen (secondary N) is 2. The molecule has 2 N–H and O–H groups in total. The number of nitrogens with zero attached hydrogens (tertiary/aromatic N) is 1. The van der Waals surface area contributed by atoms with Crippen LogP contribution >= 0.6 is 0 Å². The molecular formula is C18H28N3O+. The summed E-state index contributed by atoms with van der Waals surface area (Å²) in [6, 6.07) is 10.4. The zero-order chi connectivity index (χ0) is 16.0. The van der Waals surface area contributed by atoms with Crippen LogP contribution in [0.5, 0.6) is 0 Å². The van der Waals surface area contributed by atoms with E-state index >= 15 is 0 Å². The van der Waals surface area contributed by atoms with E-state index in [-0.39, 0.29) is 11.6 Å². The van der Waals surface area contributed by atoms with E-state index in [1.54, 1.807) is 0 Å². The lowest BCUT2D eigenvalue weighted by Gasteiger charge is -2.33. The molecule has 0 spiro atoms. The number of rotatable bonds is 3. The van der Waals surface area contributed by atoms with Gasteiger partial charge in [-0.3, -0.25) is 0 Å². The Balaban J connectivity index is 1.73. The summed E-state index contributed by atoms with van der Waals surface area (Å²) in [4.78, 5) is 15.6. The summed E-state index contributed by atoms with van der Waals surface area (Å²) in [6.07, 6.45) is 4.40. The van der Waals surface area contributed by atoms with Gasteiger partial charge in [0, 0.05) is 5.54 Å². The smallest absolute Gasteiger partial charge is 0.318 e. The fraction of sp³-hybridized carbons (Fsp3) is 0.500. The van der Waals surface area contributed by atoms with Crippen LogP contribution in [0.2, 0.25) is 0 Å². The van der Waals surface area contributed by atoms with Crippen LogP contribution in [0.1, 0.15) is 26.3 Å². The average Bonchev–Trinajstić information content (AvgIpc) is 2.47. The van der Waals surface area contributed by atoms with Crippen LogP contribution in [-0.2, 0) is 0 Å². The van der Waals surface area contributed by atoms with Gasteiger partial charge in [-0.25, -0.2) is 4.79 Å². The average molecular weight is 302 g/mol. The van der Waals surface area contributed by atoms with Crippen LogP contribution in [0.3, 0.4) is 0 Å². The molecule has 1 aromatic rings. The molecule has 1 heterocycles. The Hall–Kier alpha value is -1.81. The van der Waals surface area contributed by atoms with Crippen molar-refractivity contribution in [3.05, 3.63) is 42.0 Å². The van der Waals surface area contributed by atoms with Gasteiger partial charge in [0.2, 0.25) is 0 Å². The second kappa shape index (κ2) is 7.45. The Bertz CT molecular complexity index is 497. The third-order valence-electron chi connectivity index (χ3n) is 3.76. The zero-order valence-corrected chi connectivity index (χ0v) is 13.9. The van der Waals surface area contributed by atoms with Crippen molar-refractivity contribution in [1.82, 2.24) is 10.2 Å². The predicted molar refractivity (Wildman–Crippen MR) is 90.9 cm³/mol. The van der Waals surface area contributed by atoms with Crippen molar-refractivity contribution in [2.45, 2.75) is 26.3 Å². The first-order valence-electron chi connectivity index (χ1n) is 8.06. The normalized spacial score (nSPS) is 17.0. The minimum Gasteiger partial charge on any atom is -0.333 e. The summed E-state index contributed by atoms with van der Waals surface area (Å²) in [6.45, 7) is 10.7. The second-order valence-corrected chi connectivity index (χ2v) is 6.93. The number of quaternary nitrogens is 1. The van der Waals surface area contributed by atoms with Crippen molar-refractivity contribution >= 4 is 12.1 Å². The van der Waals surface area contributed by atoms with E-state index in [0.29, 0.717) is 0 Å². The number of carbonyl (C=O) groups is 1. The SMILES string of the molecule is CC(C)(C)NC(=O)N1CC[NH+](C/C=C/c2ccccc2)CC1. The van der Waals surface area contributed by atoms with E-state index in [4.69, 9.17) is 0 Å². The maximum absolute atomic E-state index is 12.1. The van der Waals surface area contributed by atoms with Gasteiger partial charge in [0.1, 0.15) is 0 Å². The van der Waals surface area contributed by atoms with Gasteiger partial charge >= 0.3 is 6.03 Å². The number of urea groups is 1. The molecule has 0 aromatic heterocycles. The molecule has 0 unspecified atom stereocenters. The largest absolute Gasteiger partial charge is 0.333 e. The second-order valence-electron chi connectivity index (χ2n) is 6.93. The molecule has 4 heteroatoms. The quantitative estimate of drug-likeness (QED) is 0.870. The molecule has 2 amide bonds. The van der Waals surface area contributed by atoms with Crippen LogP contribution in [0.25, 0.3) is 6.08 Å². The Kier molecular flexibility index (Phi) is 5.61. The highest BCUT2D eigenvalue weighted by molar-refractivity contribution is 5.75. The monoisotopic (exact) mass is 302 g/mol. The fourth-order valence-corrected chi connectivity index (χ4v) is 2.56. The Labute approximate surface area is 133 Å². The highest BCUT2D eigenvalue weighted by atomic mass is 16.2. The third-order valence-corrected chi connectivity index (χ3v) is 3.76. The molecular weight excluding hydrogens is 274 g/mol. The van der Waals surface area contributed by atoms with Crippen molar-refractivity contribution in [2.24, 2.45) is 0 Å². The molecule has 1 aliphatic heterocycles. The Morgan fingerprint density at radius 3 is 2.45 bits per heavy atom. The lowest BCUT2D eigenvalue weighted by Crippen LogP contribution is -3.14. The maximum atomic E-state index is 12.1. The number of benzene rings is 1. The summed E-state index contributed by atoms with van der Waals surface area (Å²) in [5.41, 5.74) is 1.07. The first-order valence-corrected chi connectivity index (χ1v) is 8.06. The van der Waals surface area contributed by atoms with Crippen molar-refractivity contribution in [2.75, 3.05) is 32.7 Å². The van der Waals surface area contributed by atoms with Crippen molar-refractivity contribution < 1.29 is 9.69 Å². The van der Waals surface area contributed by atoms with E-state index in [0.717, 1.165) is 32.7 Å². The summed E-state index contributed by atoms with van der Waals surface area (Å²) >= 11 is 0. The minimum atomic E-state index is -0.167. The lowest BCUT2D eigenvalue weighted by molar-refractivity contribution is -0.898. The van der Waals surface area contributed by atoms with Gasteiger partial charge in [-0.05, 0) is 32.4 Å². The molecule has 1 saturated heterocycles. The lowest BCUT2D eigenvalue weighted by atomic mass is 10.1. The van der Waals surface area contributed by atoms with Crippen molar-refractivity contribution in [3.63, 3.8) is 0 Å². The first-order chi connectivity index (χ1) is 10.4. The molecule has 4 nitrogen and oxygen atoms in total. The summed E-state index contributed by atoms with van der Waals surface area (Å²) in [5, 5.41) is 3.03. The number of hydrogen-bond donors (Lipinski definition) is 2. The summed E-state index contributed by atoms with van der Waals surface area (Å²) < 4.78 is 0. The predicted octanol–water partition coefficient (Wildman–Crippen LogP) is 1.41. The van der Waals surface area contributed by atoms with Crippen LogP contribution in [0.15, 0.2) is 36.4 Å². The molecule has 22 heavy (non-hydrogen) atoms. The van der Waals surface area contributed by atoms with Crippen LogP contribution < -0.4 is 10.2 Å². The Morgan fingerprint density at radius 2 is 1.86 bits per heavy atom. The van der Waals surface area contributed by atoms with Crippen molar-refractivity contribution in [1.29, 1.82) is 0 Å². The molecule has 0 atom stereocenters. The number of piperazine rings is 1. The highest BCUT2D eigenvalue weighted by Gasteiger charge is 2.25. The summed E-state index contributed by atoms with van der Waals surface area (Å²) in [7, 11) is 0. The molecule has 0 radical (unpaired) electrons. The molecule has 0 bridgehead atoms. The summed E-state index contributed by atoms with van der Waals surface area (Å²) in [5.74, 6) is 0. The standard InChI is InChI=1S/C18H27N3O/c1-18(2,3)19-17(22)21-14-12-20(13-15-21)11-7-10-16-8-5-4-6-9-16/h4-10H,11-15H2,1-3H3,(H,19,22)/p+1/b10-7+. The van der Waals surface area contributed by atoms with E-state index < -0.39 is 0 Å². The molecule has 1 aliphatic rings. The Morgan fingerprint density at radius 1 is 1.23 bits per heavy atom. The van der Waals surface area contributed by atoms with E-state index in [2.05, 4.69) is 41.7 Å². The first kappa shape index (κ1) is 16.6. The van der Waals surface area contributed by atoms with Gasteiger partial charge in [0.05, 0.1) is 32.7 Å². The van der Waals surface area contributed by atoms with Crippen LogP contribution in [-0.4, -0.2) is 49.2 Å². The van der Waals surface area contributed by atoms with Gasteiger partial charge in [-0.1, -0.05) is 36.4 Å². The van der Waals surface area contributed by atoms with Gasteiger partial charge in [-0.2, -0.15) is 0 Å². The van der Waals surface area contributed by atoms with E-state index in [1.807, 2.05) is 31.7 Å². The number of hydrogen-bond acceptors (Lipinski definition) is 1. The van der Waals surface area contributed by atoms with Gasteiger partial charge in [0.25, 0.3) is 0 Å². The van der Waals surface area contributed by atoms with Gasteiger partial charge in [-0.15, -0.1) is 0 Å². The zero-order valence-electron chi connectivity index (χ0n) is 13.9. The molecule has 2 rings (SSSR count). The maximum Gasteiger partial charge on any atom is 0.318 e. The third kappa shape index (κ3) is 5.53. The van der Waals surface area contributed by atoms with Crippen molar-refractivity contribution in [3.8, 4) is 0 Å². The van der Waals surface area contributed by atoms with Gasteiger partial charge in [0.15, 0.2) is 0 Å². The molecule has 1 fully saturated rings. The topological polar surface area (TPSA) is 36.8 Å². The molecule has 120 valence electrons. The molecule has 1 aromatic carbocycles. The van der Waals surface area contributed by atoms with E-state index in [9.17, 15) is 4.79 Å². The van der Waals surface area contributed by atoms with Crippen LogP contribution in [0.4, 0.5) is 4.79 Å². The number of amides is 2. The molecule has 0 aliphatic carbocycles. The molecule has 0 saturated carbocycles. The fourth-order valence-electron chi connectivity index (χ4n) is 2.56.